The summed E-state index contributed by atoms with van der Waals surface area (Å²) >= 11 is 0. The third-order valence-corrected chi connectivity index (χ3v) is 2.85. The van der Waals surface area contributed by atoms with Gasteiger partial charge < -0.3 is 20.3 Å². The number of rotatable bonds is 5. The zero-order chi connectivity index (χ0) is 13.0. The molecule has 1 aliphatic heterocycles. The van der Waals surface area contributed by atoms with Crippen molar-refractivity contribution in [1.82, 2.24) is 15.3 Å². The highest BCUT2D eigenvalue weighted by Crippen LogP contribution is 2.17. The number of carbonyl (C=O) groups is 1. The van der Waals surface area contributed by atoms with Crippen LogP contribution in [0.15, 0.2) is 12.5 Å². The molecule has 1 atom stereocenters. The van der Waals surface area contributed by atoms with Crippen molar-refractivity contribution >= 4 is 5.97 Å². The highest BCUT2D eigenvalue weighted by molar-refractivity contribution is 5.88. The Morgan fingerprint density at radius 2 is 2.44 bits per heavy atom. The van der Waals surface area contributed by atoms with Crippen LogP contribution in [0, 0.1) is 0 Å². The number of carboxylic acids is 1. The largest absolute Gasteiger partial charge is 0.478 e. The van der Waals surface area contributed by atoms with Crippen LogP contribution in [0.5, 0.6) is 0 Å². The van der Waals surface area contributed by atoms with Crippen LogP contribution in [0.4, 0.5) is 0 Å². The topological polar surface area (TPSA) is 105 Å². The zero-order valence-corrected chi connectivity index (χ0v) is 9.80. The van der Waals surface area contributed by atoms with Gasteiger partial charge in [0.1, 0.15) is 17.5 Å². The summed E-state index contributed by atoms with van der Waals surface area (Å²) in [5.41, 5.74) is -0.393. The van der Waals surface area contributed by atoms with Gasteiger partial charge in [-0.05, 0) is 0 Å². The van der Waals surface area contributed by atoms with Crippen LogP contribution in [-0.2, 0) is 11.3 Å². The minimum Gasteiger partial charge on any atom is -0.478 e. The van der Waals surface area contributed by atoms with E-state index < -0.39 is 11.6 Å². The quantitative estimate of drug-likeness (QED) is 0.644. The summed E-state index contributed by atoms with van der Waals surface area (Å²) in [6.07, 6.45) is 3.14. The third-order valence-electron chi connectivity index (χ3n) is 2.85. The molecule has 0 radical (unpaired) electrons. The molecule has 1 aliphatic rings. The van der Waals surface area contributed by atoms with E-state index in [1.54, 1.807) is 0 Å². The third kappa shape index (κ3) is 3.00. The van der Waals surface area contributed by atoms with E-state index in [0.29, 0.717) is 31.9 Å². The Morgan fingerprint density at radius 3 is 3.11 bits per heavy atom. The molecule has 7 heteroatoms. The minimum absolute atomic E-state index is 0.0691. The summed E-state index contributed by atoms with van der Waals surface area (Å²) in [7, 11) is 0. The maximum atomic E-state index is 10.9. The smallest absolute Gasteiger partial charge is 0.339 e. The SMILES string of the molecule is O=C(O)c1cncnc1CNCC1(O)CCOC1. The molecular formula is C11H15N3O4. The summed E-state index contributed by atoms with van der Waals surface area (Å²) in [6.45, 7) is 1.46. The van der Waals surface area contributed by atoms with Crippen LogP contribution >= 0.6 is 0 Å². The average molecular weight is 253 g/mol. The van der Waals surface area contributed by atoms with Crippen LogP contribution in [0.1, 0.15) is 22.5 Å². The van der Waals surface area contributed by atoms with Crippen LogP contribution in [0.3, 0.4) is 0 Å². The molecule has 0 bridgehead atoms. The van der Waals surface area contributed by atoms with Gasteiger partial charge in [0.2, 0.25) is 0 Å². The molecule has 0 amide bonds. The molecule has 1 fully saturated rings. The number of hydrogen-bond acceptors (Lipinski definition) is 6. The molecule has 1 saturated heterocycles. The number of hydrogen-bond donors (Lipinski definition) is 3. The second kappa shape index (κ2) is 5.38. The summed E-state index contributed by atoms with van der Waals surface area (Å²) in [5, 5.41) is 22.0. The molecule has 2 rings (SSSR count). The molecule has 1 aromatic heterocycles. The predicted octanol–water partition coefficient (Wildman–Crippen LogP) is -0.584. The van der Waals surface area contributed by atoms with Gasteiger partial charge in [0.25, 0.3) is 0 Å². The normalized spacial score (nSPS) is 23.2. The fraction of sp³-hybridized carbons (Fsp3) is 0.545. The van der Waals surface area contributed by atoms with Crippen molar-refractivity contribution in [2.75, 3.05) is 19.8 Å². The highest BCUT2D eigenvalue weighted by atomic mass is 16.5. The van der Waals surface area contributed by atoms with E-state index in [9.17, 15) is 9.90 Å². The maximum absolute atomic E-state index is 10.9. The number of aromatic carboxylic acids is 1. The lowest BCUT2D eigenvalue weighted by Gasteiger charge is -2.20. The predicted molar refractivity (Wildman–Crippen MR) is 61.1 cm³/mol. The number of aromatic nitrogens is 2. The lowest BCUT2D eigenvalue weighted by molar-refractivity contribution is 0.0268. The van der Waals surface area contributed by atoms with Gasteiger partial charge in [-0.3, -0.25) is 0 Å². The highest BCUT2D eigenvalue weighted by Gasteiger charge is 2.31. The van der Waals surface area contributed by atoms with Gasteiger partial charge >= 0.3 is 5.97 Å². The summed E-state index contributed by atoms with van der Waals surface area (Å²) in [6, 6.07) is 0. The van der Waals surface area contributed by atoms with Crippen molar-refractivity contribution in [3.05, 3.63) is 23.8 Å². The number of carboxylic acid groups (broad SMARTS) is 1. The van der Waals surface area contributed by atoms with E-state index in [2.05, 4.69) is 15.3 Å². The second-order valence-corrected chi connectivity index (χ2v) is 4.32. The first-order valence-electron chi connectivity index (χ1n) is 5.64. The van der Waals surface area contributed by atoms with Gasteiger partial charge in [-0.15, -0.1) is 0 Å². The molecular weight excluding hydrogens is 238 g/mol. The number of nitrogens with zero attached hydrogens (tertiary/aromatic N) is 2. The molecule has 7 nitrogen and oxygen atoms in total. The van der Waals surface area contributed by atoms with Crippen LogP contribution < -0.4 is 5.32 Å². The lowest BCUT2D eigenvalue weighted by atomic mass is 10.0. The fourth-order valence-corrected chi connectivity index (χ4v) is 1.82. The van der Waals surface area contributed by atoms with Gasteiger partial charge in [0, 0.05) is 32.3 Å². The molecule has 0 saturated carbocycles. The molecule has 18 heavy (non-hydrogen) atoms. The monoisotopic (exact) mass is 253 g/mol. The molecule has 2 heterocycles. The molecule has 3 N–H and O–H groups in total. The van der Waals surface area contributed by atoms with Crippen molar-refractivity contribution < 1.29 is 19.7 Å². The lowest BCUT2D eigenvalue weighted by Crippen LogP contribution is -2.41. The molecule has 0 aromatic carbocycles. The van der Waals surface area contributed by atoms with E-state index in [1.165, 1.54) is 12.5 Å². The zero-order valence-electron chi connectivity index (χ0n) is 9.80. The molecule has 1 aromatic rings. The fourth-order valence-electron chi connectivity index (χ4n) is 1.82. The van der Waals surface area contributed by atoms with Gasteiger partial charge in [0.15, 0.2) is 0 Å². The Hall–Kier alpha value is -1.57. The van der Waals surface area contributed by atoms with E-state index >= 15 is 0 Å². The van der Waals surface area contributed by atoms with E-state index in [1.807, 2.05) is 0 Å². The second-order valence-electron chi connectivity index (χ2n) is 4.32. The van der Waals surface area contributed by atoms with E-state index in [0.717, 1.165) is 0 Å². The summed E-state index contributed by atoms with van der Waals surface area (Å²) in [5.74, 6) is -1.06. The maximum Gasteiger partial charge on any atom is 0.339 e. The Balaban J connectivity index is 1.92. The van der Waals surface area contributed by atoms with E-state index in [-0.39, 0.29) is 12.1 Å². The average Bonchev–Trinajstić information content (AvgIpc) is 2.77. The van der Waals surface area contributed by atoms with Gasteiger partial charge in [-0.25, -0.2) is 14.8 Å². The number of aliphatic hydroxyl groups is 1. The van der Waals surface area contributed by atoms with Crippen molar-refractivity contribution in [1.29, 1.82) is 0 Å². The Morgan fingerprint density at radius 1 is 1.61 bits per heavy atom. The Bertz CT molecular complexity index is 432. The first kappa shape index (κ1) is 12.9. The summed E-state index contributed by atoms with van der Waals surface area (Å²) in [4.78, 5) is 18.5. The van der Waals surface area contributed by atoms with Crippen molar-refractivity contribution in [3.8, 4) is 0 Å². The Labute approximate surface area is 104 Å². The number of ether oxygens (including phenoxy) is 1. The molecule has 98 valence electrons. The van der Waals surface area contributed by atoms with E-state index in [4.69, 9.17) is 9.84 Å². The van der Waals surface area contributed by atoms with Gasteiger partial charge in [-0.1, -0.05) is 0 Å². The van der Waals surface area contributed by atoms with Crippen LogP contribution in [0.25, 0.3) is 0 Å². The molecule has 0 spiro atoms. The van der Waals surface area contributed by atoms with Crippen molar-refractivity contribution in [2.24, 2.45) is 0 Å². The molecule has 0 aliphatic carbocycles. The first-order chi connectivity index (χ1) is 8.61. The summed E-state index contributed by atoms with van der Waals surface area (Å²) < 4.78 is 5.12. The van der Waals surface area contributed by atoms with Gasteiger partial charge in [0.05, 0.1) is 12.3 Å². The van der Waals surface area contributed by atoms with Crippen molar-refractivity contribution in [3.63, 3.8) is 0 Å². The van der Waals surface area contributed by atoms with Crippen LogP contribution in [0.2, 0.25) is 0 Å². The number of nitrogens with one attached hydrogen (secondary N) is 1. The first-order valence-corrected chi connectivity index (χ1v) is 5.64. The van der Waals surface area contributed by atoms with Gasteiger partial charge in [-0.2, -0.15) is 0 Å². The molecule has 1 unspecified atom stereocenters. The van der Waals surface area contributed by atoms with Crippen molar-refractivity contribution in [2.45, 2.75) is 18.6 Å². The van der Waals surface area contributed by atoms with Crippen LogP contribution in [-0.4, -0.2) is 51.5 Å². The Kier molecular flexibility index (Phi) is 3.85. The minimum atomic E-state index is -1.06. The standard InChI is InChI=1S/C11H15N3O4/c15-10(16)8-3-13-7-14-9(8)4-12-5-11(17)1-2-18-6-11/h3,7,12,17H,1-2,4-6H2,(H,15,16).